The molecule has 0 fully saturated rings. The third-order valence-electron chi connectivity index (χ3n) is 4.26. The molecule has 0 aliphatic carbocycles. The Balaban J connectivity index is 1.70. The molecule has 1 aliphatic rings. The molecule has 0 saturated heterocycles. The van der Waals surface area contributed by atoms with Gasteiger partial charge < -0.3 is 4.90 Å². The van der Waals surface area contributed by atoms with Gasteiger partial charge in [-0.25, -0.2) is 8.42 Å². The Labute approximate surface area is 146 Å². The van der Waals surface area contributed by atoms with Crippen LogP contribution in [0.3, 0.4) is 0 Å². The van der Waals surface area contributed by atoms with Crippen molar-refractivity contribution < 1.29 is 13.3 Å². The van der Waals surface area contributed by atoms with Gasteiger partial charge in [0.1, 0.15) is 12.3 Å². The van der Waals surface area contributed by atoms with Gasteiger partial charge in [0.15, 0.2) is 9.84 Å². The van der Waals surface area contributed by atoms with Crippen molar-refractivity contribution in [2.45, 2.75) is 17.9 Å². The second-order valence-corrected chi connectivity index (χ2v) is 8.76. The minimum absolute atomic E-state index is 0.0740. The average Bonchev–Trinajstić information content (AvgIpc) is 2.55. The first-order valence-corrected chi connectivity index (χ1v) is 9.95. The van der Waals surface area contributed by atoms with Gasteiger partial charge in [-0.3, -0.25) is 0 Å². The number of quaternary nitrogens is 1. The lowest BCUT2D eigenvalue weighted by molar-refractivity contribution is -0.913. The number of fused-ring (bicyclic) bond motifs is 1. The highest BCUT2D eigenvalue weighted by atomic mass is 35.5. The van der Waals surface area contributed by atoms with E-state index in [1.807, 2.05) is 6.07 Å². The molecule has 3 rings (SSSR count). The summed E-state index contributed by atoms with van der Waals surface area (Å²) in [4.78, 5) is 1.41. The quantitative estimate of drug-likeness (QED) is 0.897. The molecule has 1 aliphatic heterocycles. The number of sulfone groups is 1. The number of rotatable bonds is 4. The minimum atomic E-state index is -3.43. The van der Waals surface area contributed by atoms with Crippen LogP contribution in [0.25, 0.3) is 0 Å². The molecule has 1 N–H and O–H groups in total. The zero-order chi connectivity index (χ0) is 16.4. The maximum Gasteiger partial charge on any atom is 0.185 e. The minimum Gasteiger partial charge on any atom is -0.330 e. The first-order valence-electron chi connectivity index (χ1n) is 7.54. The number of nitrogens with one attached hydrogen (secondary N) is 1. The maximum atomic E-state index is 12.5. The fourth-order valence-corrected chi connectivity index (χ4v) is 5.12. The molecule has 1 atom stereocenters. The Hall–Kier alpha value is -1.07. The van der Waals surface area contributed by atoms with E-state index in [2.05, 4.69) is 18.2 Å². The molecule has 0 amide bonds. The van der Waals surface area contributed by atoms with E-state index in [4.69, 9.17) is 23.2 Å². The van der Waals surface area contributed by atoms with Crippen LogP contribution in [0, 0.1) is 0 Å². The highest BCUT2D eigenvalue weighted by molar-refractivity contribution is 7.91. The molecule has 122 valence electrons. The van der Waals surface area contributed by atoms with Gasteiger partial charge in [0, 0.05) is 17.0 Å². The summed E-state index contributed by atoms with van der Waals surface area (Å²) in [6.45, 7) is 2.39. The molecule has 0 aromatic heterocycles. The Morgan fingerprint density at radius 2 is 1.78 bits per heavy atom. The van der Waals surface area contributed by atoms with Crippen molar-refractivity contribution in [1.29, 1.82) is 0 Å². The Kier molecular flexibility index (Phi) is 4.97. The Bertz CT molecular complexity index is 821. The van der Waals surface area contributed by atoms with Crippen LogP contribution in [0.15, 0.2) is 47.4 Å². The van der Waals surface area contributed by atoms with E-state index in [1.54, 1.807) is 6.07 Å². The van der Waals surface area contributed by atoms with Gasteiger partial charge in [-0.15, -0.1) is 0 Å². The largest absolute Gasteiger partial charge is 0.330 e. The standard InChI is InChI=1S/C17H17Cl2NO2S/c18-15-5-6-16(19)17(11-15)23(21,22)10-9-20-8-7-13-3-1-2-4-14(13)12-20/h1-6,11H,7-10,12H2/p+1. The van der Waals surface area contributed by atoms with Crippen molar-refractivity contribution in [1.82, 2.24) is 0 Å². The molecule has 0 bridgehead atoms. The first kappa shape index (κ1) is 16.8. The third-order valence-corrected chi connectivity index (χ3v) is 6.69. The summed E-state index contributed by atoms with van der Waals surface area (Å²) in [7, 11) is -3.43. The summed E-state index contributed by atoms with van der Waals surface area (Å²) in [5.74, 6) is 0.0740. The van der Waals surface area contributed by atoms with E-state index in [0.717, 1.165) is 19.5 Å². The number of halogens is 2. The van der Waals surface area contributed by atoms with Crippen molar-refractivity contribution in [3.8, 4) is 0 Å². The topological polar surface area (TPSA) is 38.6 Å². The average molecular weight is 371 g/mol. The summed E-state index contributed by atoms with van der Waals surface area (Å²) in [5.41, 5.74) is 2.68. The first-order chi connectivity index (χ1) is 11.0. The summed E-state index contributed by atoms with van der Waals surface area (Å²) in [6.07, 6.45) is 0.990. The van der Waals surface area contributed by atoms with E-state index in [1.165, 1.54) is 28.2 Å². The lowest BCUT2D eigenvalue weighted by Crippen LogP contribution is -3.12. The van der Waals surface area contributed by atoms with Crippen molar-refractivity contribution in [3.05, 3.63) is 63.6 Å². The third kappa shape index (κ3) is 3.89. The second-order valence-electron chi connectivity index (χ2n) is 5.84. The molecule has 23 heavy (non-hydrogen) atoms. The summed E-state index contributed by atoms with van der Waals surface area (Å²) >= 11 is 11.9. The second kappa shape index (κ2) is 6.81. The van der Waals surface area contributed by atoms with Crippen LogP contribution in [0.2, 0.25) is 10.0 Å². The summed E-state index contributed by atoms with van der Waals surface area (Å²) < 4.78 is 25.1. The van der Waals surface area contributed by atoms with Crippen LogP contribution in [-0.2, 0) is 22.8 Å². The normalized spacial score (nSPS) is 17.7. The van der Waals surface area contributed by atoms with Crippen LogP contribution in [0.5, 0.6) is 0 Å². The Morgan fingerprint density at radius 1 is 1.04 bits per heavy atom. The van der Waals surface area contributed by atoms with Crippen molar-refractivity contribution in [3.63, 3.8) is 0 Å². The van der Waals surface area contributed by atoms with E-state index >= 15 is 0 Å². The van der Waals surface area contributed by atoms with Crippen molar-refractivity contribution in [2.24, 2.45) is 0 Å². The summed E-state index contributed by atoms with van der Waals surface area (Å²) in [6, 6.07) is 12.9. The fraction of sp³-hybridized carbons (Fsp3) is 0.294. The van der Waals surface area contributed by atoms with Crippen LogP contribution in [0.1, 0.15) is 11.1 Å². The van der Waals surface area contributed by atoms with Crippen molar-refractivity contribution >= 4 is 33.0 Å². The van der Waals surface area contributed by atoms with E-state index in [-0.39, 0.29) is 15.7 Å². The smallest absolute Gasteiger partial charge is 0.185 e. The van der Waals surface area contributed by atoms with Gasteiger partial charge >= 0.3 is 0 Å². The zero-order valence-electron chi connectivity index (χ0n) is 12.6. The SMILES string of the molecule is O=S(=O)(CC[NH+]1CCc2ccccc2C1)c1cc(Cl)ccc1Cl. The fourth-order valence-electron chi connectivity index (χ4n) is 2.96. The predicted molar refractivity (Wildman–Crippen MR) is 93.1 cm³/mol. The van der Waals surface area contributed by atoms with Crippen molar-refractivity contribution in [2.75, 3.05) is 18.8 Å². The maximum absolute atomic E-state index is 12.5. The molecular formula is C17H18Cl2NO2S+. The molecular weight excluding hydrogens is 353 g/mol. The van der Waals surface area contributed by atoms with E-state index in [9.17, 15) is 8.42 Å². The monoisotopic (exact) mass is 370 g/mol. The number of hydrogen-bond acceptors (Lipinski definition) is 2. The van der Waals surface area contributed by atoms with E-state index < -0.39 is 9.84 Å². The number of benzene rings is 2. The molecule has 0 radical (unpaired) electrons. The Morgan fingerprint density at radius 3 is 2.57 bits per heavy atom. The zero-order valence-corrected chi connectivity index (χ0v) is 14.9. The van der Waals surface area contributed by atoms with Crippen LogP contribution in [-0.4, -0.2) is 27.3 Å². The molecule has 6 heteroatoms. The van der Waals surface area contributed by atoms with E-state index in [0.29, 0.717) is 11.6 Å². The lowest BCUT2D eigenvalue weighted by atomic mass is 10.0. The molecule has 3 nitrogen and oxygen atoms in total. The molecule has 1 heterocycles. The van der Waals surface area contributed by atoms with Gasteiger partial charge in [0.25, 0.3) is 0 Å². The van der Waals surface area contributed by atoms with Gasteiger partial charge in [0.05, 0.1) is 23.0 Å². The highest BCUT2D eigenvalue weighted by Crippen LogP contribution is 2.25. The molecule has 0 spiro atoms. The predicted octanol–water partition coefficient (Wildman–Crippen LogP) is 2.41. The van der Waals surface area contributed by atoms with Gasteiger partial charge in [-0.05, 0) is 23.8 Å². The van der Waals surface area contributed by atoms with Gasteiger partial charge in [0.2, 0.25) is 0 Å². The summed E-state index contributed by atoms with van der Waals surface area (Å²) in [5, 5.41) is 0.612. The molecule has 1 unspecified atom stereocenters. The lowest BCUT2D eigenvalue weighted by Gasteiger charge is -2.25. The highest BCUT2D eigenvalue weighted by Gasteiger charge is 2.24. The molecule has 2 aromatic rings. The van der Waals surface area contributed by atoms with Gasteiger partial charge in [-0.1, -0.05) is 47.5 Å². The number of hydrogen-bond donors (Lipinski definition) is 1. The van der Waals surface area contributed by atoms with Gasteiger partial charge in [-0.2, -0.15) is 0 Å². The molecule has 0 saturated carbocycles. The molecule has 2 aromatic carbocycles. The van der Waals surface area contributed by atoms with Crippen LogP contribution >= 0.6 is 23.2 Å². The van der Waals surface area contributed by atoms with Crippen LogP contribution in [0.4, 0.5) is 0 Å². The van der Waals surface area contributed by atoms with Crippen LogP contribution < -0.4 is 4.90 Å².